The summed E-state index contributed by atoms with van der Waals surface area (Å²) >= 11 is 1.25. The Morgan fingerprint density at radius 3 is 3.17 bits per heavy atom. The number of carbonyl (C=O) groups excluding carboxylic acids is 1. The number of aliphatic hydroxyl groups excluding tert-OH is 1. The summed E-state index contributed by atoms with van der Waals surface area (Å²) in [5, 5.41) is 12.8. The minimum Gasteiger partial charge on any atom is -0.396 e. The smallest absolute Gasteiger partial charge is 0.270 e. The number of amides is 1. The lowest BCUT2D eigenvalue weighted by atomic mass is 10.4. The average molecular weight is 186 g/mol. The molecule has 0 aliphatic rings. The predicted octanol–water partition coefficient (Wildman–Crippen LogP) is 0.255. The van der Waals surface area contributed by atoms with E-state index in [0.29, 0.717) is 18.7 Å². The molecule has 0 aliphatic heterocycles. The molecule has 12 heavy (non-hydrogen) atoms. The van der Waals surface area contributed by atoms with Crippen LogP contribution in [0.5, 0.6) is 0 Å². The van der Waals surface area contributed by atoms with Gasteiger partial charge in [-0.15, -0.1) is 0 Å². The molecule has 66 valence electrons. The second kappa shape index (κ2) is 4.84. The van der Waals surface area contributed by atoms with Crippen molar-refractivity contribution in [3.63, 3.8) is 0 Å². The third kappa shape index (κ3) is 2.60. The highest BCUT2D eigenvalue weighted by Crippen LogP contribution is 1.98. The highest BCUT2D eigenvalue weighted by molar-refractivity contribution is 7.03. The quantitative estimate of drug-likeness (QED) is 0.663. The Labute approximate surface area is 74.4 Å². The molecule has 1 heterocycles. The summed E-state index contributed by atoms with van der Waals surface area (Å²) in [6.07, 6.45) is 0.579. The van der Waals surface area contributed by atoms with E-state index < -0.39 is 0 Å². The Hall–Kier alpha value is -0.940. The van der Waals surface area contributed by atoms with Crippen LogP contribution in [0.25, 0.3) is 0 Å². The maximum absolute atomic E-state index is 11.1. The molecule has 1 aromatic heterocycles. The number of rotatable bonds is 4. The molecule has 1 aromatic rings. The van der Waals surface area contributed by atoms with Crippen molar-refractivity contribution in [3.8, 4) is 0 Å². The van der Waals surface area contributed by atoms with Gasteiger partial charge in [-0.3, -0.25) is 4.79 Å². The minimum absolute atomic E-state index is 0.0946. The van der Waals surface area contributed by atoms with Crippen molar-refractivity contribution in [2.24, 2.45) is 0 Å². The van der Waals surface area contributed by atoms with Gasteiger partial charge >= 0.3 is 0 Å². The van der Waals surface area contributed by atoms with Crippen molar-refractivity contribution in [2.75, 3.05) is 13.2 Å². The highest BCUT2D eigenvalue weighted by atomic mass is 32.1. The molecular weight excluding hydrogens is 176 g/mol. The molecule has 0 aromatic carbocycles. The number of aromatic nitrogens is 1. The van der Waals surface area contributed by atoms with Crippen LogP contribution >= 0.6 is 11.5 Å². The first-order valence-corrected chi connectivity index (χ1v) is 4.47. The van der Waals surface area contributed by atoms with Crippen LogP contribution < -0.4 is 5.32 Å². The average Bonchev–Trinajstić information content (AvgIpc) is 2.56. The van der Waals surface area contributed by atoms with E-state index in [1.807, 2.05) is 0 Å². The molecular formula is C7H10N2O2S. The largest absolute Gasteiger partial charge is 0.396 e. The van der Waals surface area contributed by atoms with Crippen molar-refractivity contribution in [1.82, 2.24) is 9.69 Å². The SMILES string of the molecule is O=C(NCCCO)c1ccsn1. The molecule has 0 aliphatic carbocycles. The molecule has 0 bridgehead atoms. The fourth-order valence-corrected chi connectivity index (χ4v) is 1.21. The Balaban J connectivity index is 2.30. The monoisotopic (exact) mass is 186 g/mol. The van der Waals surface area contributed by atoms with Crippen LogP contribution in [-0.4, -0.2) is 28.5 Å². The van der Waals surface area contributed by atoms with E-state index in [0.717, 1.165) is 0 Å². The summed E-state index contributed by atoms with van der Waals surface area (Å²) in [6, 6.07) is 1.67. The molecule has 0 saturated carbocycles. The lowest BCUT2D eigenvalue weighted by Gasteiger charge is -1.99. The first-order chi connectivity index (χ1) is 5.84. The molecule has 0 unspecified atom stereocenters. The van der Waals surface area contributed by atoms with Gasteiger partial charge in [0.15, 0.2) is 0 Å². The van der Waals surface area contributed by atoms with E-state index in [1.54, 1.807) is 11.4 Å². The van der Waals surface area contributed by atoms with Gasteiger partial charge in [-0.05, 0) is 24.0 Å². The molecule has 1 rings (SSSR count). The maximum Gasteiger partial charge on any atom is 0.270 e. The lowest BCUT2D eigenvalue weighted by molar-refractivity contribution is 0.0947. The van der Waals surface area contributed by atoms with Crippen molar-refractivity contribution in [3.05, 3.63) is 17.1 Å². The van der Waals surface area contributed by atoms with Crippen molar-refractivity contribution < 1.29 is 9.90 Å². The van der Waals surface area contributed by atoms with Gasteiger partial charge in [0.2, 0.25) is 0 Å². The summed E-state index contributed by atoms with van der Waals surface area (Å²) in [5.41, 5.74) is 0.443. The second-order valence-electron chi connectivity index (χ2n) is 2.22. The molecule has 5 heteroatoms. The van der Waals surface area contributed by atoms with Gasteiger partial charge in [0.25, 0.3) is 5.91 Å². The maximum atomic E-state index is 11.1. The number of carbonyl (C=O) groups is 1. The first-order valence-electron chi connectivity index (χ1n) is 3.64. The lowest BCUT2D eigenvalue weighted by Crippen LogP contribution is -2.25. The Morgan fingerprint density at radius 2 is 2.58 bits per heavy atom. The van der Waals surface area contributed by atoms with E-state index in [-0.39, 0.29) is 12.5 Å². The van der Waals surface area contributed by atoms with Gasteiger partial charge in [-0.2, -0.15) is 4.37 Å². The van der Waals surface area contributed by atoms with Crippen LogP contribution in [0.2, 0.25) is 0 Å². The van der Waals surface area contributed by atoms with E-state index >= 15 is 0 Å². The van der Waals surface area contributed by atoms with Gasteiger partial charge < -0.3 is 10.4 Å². The number of hydrogen-bond acceptors (Lipinski definition) is 4. The number of nitrogens with one attached hydrogen (secondary N) is 1. The normalized spacial score (nSPS) is 9.75. The predicted molar refractivity (Wildman–Crippen MR) is 46.2 cm³/mol. The zero-order chi connectivity index (χ0) is 8.81. The van der Waals surface area contributed by atoms with Gasteiger partial charge in [0.05, 0.1) is 0 Å². The fraction of sp³-hybridized carbons (Fsp3) is 0.429. The summed E-state index contributed by atoms with van der Waals surface area (Å²) in [5.74, 6) is -0.176. The van der Waals surface area contributed by atoms with Gasteiger partial charge in [0.1, 0.15) is 5.69 Å². The number of nitrogens with zero attached hydrogens (tertiary/aromatic N) is 1. The highest BCUT2D eigenvalue weighted by Gasteiger charge is 2.05. The molecule has 0 radical (unpaired) electrons. The zero-order valence-corrected chi connectivity index (χ0v) is 7.30. The zero-order valence-electron chi connectivity index (χ0n) is 6.49. The standard InChI is InChI=1S/C7H10N2O2S/c10-4-1-3-8-7(11)6-2-5-12-9-6/h2,5,10H,1,3-4H2,(H,8,11). The van der Waals surface area contributed by atoms with Crippen LogP contribution in [0.1, 0.15) is 16.9 Å². The molecule has 0 saturated heterocycles. The van der Waals surface area contributed by atoms with Gasteiger partial charge in [0, 0.05) is 18.5 Å². The Morgan fingerprint density at radius 1 is 1.75 bits per heavy atom. The first kappa shape index (κ1) is 9.15. The Kier molecular flexibility index (Phi) is 3.69. The molecule has 0 atom stereocenters. The van der Waals surface area contributed by atoms with Crippen LogP contribution in [0, 0.1) is 0 Å². The summed E-state index contributed by atoms with van der Waals surface area (Å²) < 4.78 is 3.86. The fourth-order valence-electron chi connectivity index (χ4n) is 0.701. The third-order valence-electron chi connectivity index (χ3n) is 1.29. The summed E-state index contributed by atoms with van der Waals surface area (Å²) in [4.78, 5) is 11.1. The molecule has 2 N–H and O–H groups in total. The molecule has 0 fully saturated rings. The van der Waals surface area contributed by atoms with Crippen LogP contribution in [0.15, 0.2) is 11.4 Å². The van der Waals surface area contributed by atoms with Crippen molar-refractivity contribution >= 4 is 17.4 Å². The van der Waals surface area contributed by atoms with Crippen LogP contribution in [0.3, 0.4) is 0 Å². The van der Waals surface area contributed by atoms with Crippen LogP contribution in [0.4, 0.5) is 0 Å². The third-order valence-corrected chi connectivity index (χ3v) is 1.85. The second-order valence-corrected chi connectivity index (χ2v) is 2.88. The van der Waals surface area contributed by atoms with Crippen molar-refractivity contribution in [1.29, 1.82) is 0 Å². The summed E-state index contributed by atoms with van der Waals surface area (Å²) in [6.45, 7) is 0.588. The summed E-state index contributed by atoms with van der Waals surface area (Å²) in [7, 11) is 0. The van der Waals surface area contributed by atoms with E-state index in [2.05, 4.69) is 9.69 Å². The molecule has 1 amide bonds. The van der Waals surface area contributed by atoms with Gasteiger partial charge in [-0.25, -0.2) is 0 Å². The van der Waals surface area contributed by atoms with E-state index in [4.69, 9.17) is 5.11 Å². The van der Waals surface area contributed by atoms with Crippen molar-refractivity contribution in [2.45, 2.75) is 6.42 Å². The van der Waals surface area contributed by atoms with E-state index in [9.17, 15) is 4.79 Å². The number of hydrogen-bond donors (Lipinski definition) is 2. The molecule has 4 nitrogen and oxygen atoms in total. The minimum atomic E-state index is -0.176. The Bertz CT molecular complexity index is 236. The van der Waals surface area contributed by atoms with Gasteiger partial charge in [-0.1, -0.05) is 0 Å². The topological polar surface area (TPSA) is 62.2 Å². The van der Waals surface area contributed by atoms with Crippen LogP contribution in [-0.2, 0) is 0 Å². The van der Waals surface area contributed by atoms with E-state index in [1.165, 1.54) is 11.5 Å². The number of aliphatic hydroxyl groups is 1. The molecule has 0 spiro atoms.